The number of aryl methyl sites for hydroxylation is 1. The van der Waals surface area contributed by atoms with E-state index in [9.17, 15) is 19.7 Å². The molecule has 1 aromatic rings. The van der Waals surface area contributed by atoms with Crippen molar-refractivity contribution in [2.24, 2.45) is 7.05 Å². The van der Waals surface area contributed by atoms with Gasteiger partial charge in [0.25, 0.3) is 11.6 Å². The van der Waals surface area contributed by atoms with Gasteiger partial charge in [-0.2, -0.15) is 0 Å². The van der Waals surface area contributed by atoms with Crippen molar-refractivity contribution in [3.05, 3.63) is 28.1 Å². The van der Waals surface area contributed by atoms with Gasteiger partial charge >= 0.3 is 5.97 Å². The maximum absolute atomic E-state index is 11.8. The predicted octanol–water partition coefficient (Wildman–Crippen LogP) is -0.501. The number of aliphatic hydroxyl groups excluding tert-OH is 1. The Balaban J connectivity index is 2.88. The fraction of sp³-hybridized carbons (Fsp3) is 0.400. The van der Waals surface area contributed by atoms with Crippen LogP contribution in [-0.4, -0.2) is 44.2 Å². The number of carbonyl (C=O) groups excluding carboxylic acids is 1. The molecule has 0 bridgehead atoms. The van der Waals surface area contributed by atoms with Crippen LogP contribution in [0.4, 0.5) is 5.69 Å². The van der Waals surface area contributed by atoms with Gasteiger partial charge in [0.15, 0.2) is 0 Å². The summed E-state index contributed by atoms with van der Waals surface area (Å²) in [7, 11) is 1.43. The Kier molecular flexibility index (Phi) is 4.59. The largest absolute Gasteiger partial charge is 0.480 e. The third-order valence-electron chi connectivity index (χ3n) is 2.46. The zero-order valence-corrected chi connectivity index (χ0v) is 10.1. The number of aromatic nitrogens is 1. The molecule has 0 fully saturated rings. The van der Waals surface area contributed by atoms with Gasteiger partial charge in [0.05, 0.1) is 11.1 Å². The Bertz CT molecular complexity index is 509. The summed E-state index contributed by atoms with van der Waals surface area (Å²) in [6.45, 7) is -0.398. The monoisotopic (exact) mass is 271 g/mol. The summed E-state index contributed by atoms with van der Waals surface area (Å²) >= 11 is 0. The summed E-state index contributed by atoms with van der Waals surface area (Å²) in [5, 5.41) is 30.3. The van der Waals surface area contributed by atoms with E-state index in [0.717, 1.165) is 12.3 Å². The number of hydrogen-bond donors (Lipinski definition) is 3. The second-order valence-electron chi connectivity index (χ2n) is 3.83. The fourth-order valence-corrected chi connectivity index (χ4v) is 1.49. The highest BCUT2D eigenvalue weighted by molar-refractivity contribution is 5.96. The van der Waals surface area contributed by atoms with E-state index in [4.69, 9.17) is 10.2 Å². The number of nitrogens with one attached hydrogen (secondary N) is 1. The van der Waals surface area contributed by atoms with Gasteiger partial charge in [-0.15, -0.1) is 0 Å². The number of rotatable bonds is 6. The van der Waals surface area contributed by atoms with Crippen LogP contribution in [0.25, 0.3) is 0 Å². The van der Waals surface area contributed by atoms with Crippen LogP contribution in [0.1, 0.15) is 16.9 Å². The van der Waals surface area contributed by atoms with Crippen molar-refractivity contribution in [2.45, 2.75) is 12.5 Å². The molecule has 19 heavy (non-hydrogen) atoms. The maximum Gasteiger partial charge on any atom is 0.326 e. The van der Waals surface area contributed by atoms with Crippen molar-refractivity contribution in [1.29, 1.82) is 0 Å². The van der Waals surface area contributed by atoms with E-state index >= 15 is 0 Å². The summed E-state index contributed by atoms with van der Waals surface area (Å²) in [6, 6.07) is -0.195. The molecule has 0 radical (unpaired) electrons. The molecular weight excluding hydrogens is 258 g/mol. The number of hydrogen-bond acceptors (Lipinski definition) is 5. The van der Waals surface area contributed by atoms with E-state index < -0.39 is 29.4 Å². The average molecular weight is 271 g/mol. The van der Waals surface area contributed by atoms with Crippen LogP contribution >= 0.6 is 0 Å². The van der Waals surface area contributed by atoms with Gasteiger partial charge in [-0.25, -0.2) is 4.79 Å². The molecule has 9 heteroatoms. The molecule has 0 saturated carbocycles. The summed E-state index contributed by atoms with van der Waals surface area (Å²) in [5.74, 6) is -2.04. The Hall–Kier alpha value is -2.42. The number of carboxylic acids is 1. The highest BCUT2D eigenvalue weighted by Crippen LogP contribution is 2.15. The number of carbonyl (C=O) groups is 2. The second kappa shape index (κ2) is 5.96. The highest BCUT2D eigenvalue weighted by Gasteiger charge is 2.23. The van der Waals surface area contributed by atoms with E-state index in [1.54, 1.807) is 0 Å². The summed E-state index contributed by atoms with van der Waals surface area (Å²) < 4.78 is 1.23. The van der Waals surface area contributed by atoms with Crippen molar-refractivity contribution < 1.29 is 24.7 Å². The van der Waals surface area contributed by atoms with Gasteiger partial charge in [0.1, 0.15) is 11.7 Å². The SMILES string of the molecule is Cn1cc([N+](=O)[O-])cc1C(=O)N[C@H](CCO)C(=O)O. The minimum Gasteiger partial charge on any atom is -0.480 e. The van der Waals surface area contributed by atoms with Crippen molar-refractivity contribution in [3.8, 4) is 0 Å². The lowest BCUT2D eigenvalue weighted by atomic mass is 10.2. The summed E-state index contributed by atoms with van der Waals surface area (Å²) in [4.78, 5) is 32.5. The first-order chi connectivity index (χ1) is 8.86. The van der Waals surface area contributed by atoms with Crippen LogP contribution in [0.15, 0.2) is 12.3 Å². The first-order valence-corrected chi connectivity index (χ1v) is 5.32. The maximum atomic E-state index is 11.8. The molecule has 1 atom stereocenters. The Labute approximate surface area is 107 Å². The third-order valence-corrected chi connectivity index (χ3v) is 2.46. The molecule has 1 amide bonds. The third kappa shape index (κ3) is 3.52. The molecule has 0 unspecified atom stereocenters. The van der Waals surface area contributed by atoms with E-state index in [2.05, 4.69) is 5.32 Å². The van der Waals surface area contributed by atoms with Gasteiger partial charge in [-0.1, -0.05) is 0 Å². The number of carboxylic acid groups (broad SMARTS) is 1. The lowest BCUT2D eigenvalue weighted by molar-refractivity contribution is -0.384. The zero-order chi connectivity index (χ0) is 14.6. The molecule has 0 aliphatic carbocycles. The van der Waals surface area contributed by atoms with Crippen LogP contribution in [-0.2, 0) is 11.8 Å². The van der Waals surface area contributed by atoms with Crippen LogP contribution < -0.4 is 5.32 Å². The van der Waals surface area contributed by atoms with E-state index in [0.29, 0.717) is 0 Å². The predicted molar refractivity (Wildman–Crippen MR) is 62.7 cm³/mol. The quantitative estimate of drug-likeness (QED) is 0.471. The number of nitrogens with zero attached hydrogens (tertiary/aromatic N) is 2. The molecule has 0 aliphatic rings. The lowest BCUT2D eigenvalue weighted by Crippen LogP contribution is -2.41. The Morgan fingerprint density at radius 3 is 2.63 bits per heavy atom. The number of aliphatic hydroxyl groups is 1. The standard InChI is InChI=1S/C10H13N3O6/c1-12-5-6(13(18)19)4-8(12)9(15)11-7(2-3-14)10(16)17/h4-5,7,14H,2-3H2,1H3,(H,11,15)(H,16,17)/t7-/m1/s1. The smallest absolute Gasteiger partial charge is 0.326 e. The molecule has 9 nitrogen and oxygen atoms in total. The van der Waals surface area contributed by atoms with E-state index in [-0.39, 0.29) is 17.8 Å². The minimum absolute atomic E-state index is 0.0316. The van der Waals surface area contributed by atoms with Gasteiger partial charge in [0, 0.05) is 26.1 Å². The number of nitro groups is 1. The van der Waals surface area contributed by atoms with E-state index in [1.165, 1.54) is 11.6 Å². The Morgan fingerprint density at radius 2 is 2.21 bits per heavy atom. The first-order valence-electron chi connectivity index (χ1n) is 5.32. The topological polar surface area (TPSA) is 135 Å². The molecule has 1 rings (SSSR count). The van der Waals surface area contributed by atoms with Gasteiger partial charge in [-0.05, 0) is 0 Å². The first kappa shape index (κ1) is 14.6. The molecule has 0 aromatic carbocycles. The average Bonchev–Trinajstić information content (AvgIpc) is 2.70. The molecule has 1 heterocycles. The molecular formula is C10H13N3O6. The fourth-order valence-electron chi connectivity index (χ4n) is 1.49. The molecule has 0 saturated heterocycles. The van der Waals surface area contributed by atoms with Gasteiger partial charge < -0.3 is 20.1 Å². The zero-order valence-electron chi connectivity index (χ0n) is 10.1. The number of aliphatic carboxylic acids is 1. The Morgan fingerprint density at radius 1 is 1.58 bits per heavy atom. The van der Waals surface area contributed by atoms with E-state index in [1.807, 2.05) is 0 Å². The number of amides is 1. The molecule has 104 valence electrons. The summed E-state index contributed by atoms with van der Waals surface area (Å²) in [6.07, 6.45) is 1.00. The van der Waals surface area contributed by atoms with Crippen molar-refractivity contribution in [3.63, 3.8) is 0 Å². The second-order valence-corrected chi connectivity index (χ2v) is 3.83. The highest BCUT2D eigenvalue weighted by atomic mass is 16.6. The van der Waals surface area contributed by atoms with Crippen molar-refractivity contribution in [1.82, 2.24) is 9.88 Å². The van der Waals surface area contributed by atoms with Crippen LogP contribution in [0.2, 0.25) is 0 Å². The van der Waals surface area contributed by atoms with Crippen LogP contribution in [0, 0.1) is 10.1 Å². The normalized spacial score (nSPS) is 11.9. The van der Waals surface area contributed by atoms with Gasteiger partial charge in [0.2, 0.25) is 0 Å². The van der Waals surface area contributed by atoms with Crippen molar-refractivity contribution >= 4 is 17.6 Å². The molecule has 1 aromatic heterocycles. The molecule has 0 spiro atoms. The van der Waals surface area contributed by atoms with Crippen molar-refractivity contribution in [2.75, 3.05) is 6.61 Å². The van der Waals surface area contributed by atoms with Crippen LogP contribution in [0.5, 0.6) is 0 Å². The lowest BCUT2D eigenvalue weighted by Gasteiger charge is -2.13. The molecule has 0 aliphatic heterocycles. The van der Waals surface area contributed by atoms with Crippen LogP contribution in [0.3, 0.4) is 0 Å². The minimum atomic E-state index is -1.29. The van der Waals surface area contributed by atoms with Gasteiger partial charge in [-0.3, -0.25) is 14.9 Å². The summed E-state index contributed by atoms with van der Waals surface area (Å²) in [5.41, 5.74) is -0.294. The molecule has 3 N–H and O–H groups in total.